The van der Waals surface area contributed by atoms with Gasteiger partial charge in [-0.15, -0.1) is 0 Å². The van der Waals surface area contributed by atoms with Crippen molar-refractivity contribution >= 4 is 10.0 Å². The largest absolute Gasteiger partial charge is 0.433 e. The zero-order valence-corrected chi connectivity index (χ0v) is 13.2. The third-order valence-corrected chi connectivity index (χ3v) is 5.53. The second-order valence-electron chi connectivity index (χ2n) is 5.09. The number of halogens is 2. The molecular formula is C14H20F2N2O3S. The molecule has 0 amide bonds. The van der Waals surface area contributed by atoms with E-state index in [-0.39, 0.29) is 16.7 Å². The molecule has 1 aromatic carbocycles. The Kier molecular flexibility index (Phi) is 5.71. The van der Waals surface area contributed by atoms with Crippen molar-refractivity contribution < 1.29 is 21.9 Å². The number of nitrogens with zero attached hydrogens (tertiary/aromatic N) is 1. The fourth-order valence-electron chi connectivity index (χ4n) is 2.59. The van der Waals surface area contributed by atoms with Crippen LogP contribution < -0.4 is 10.1 Å². The van der Waals surface area contributed by atoms with Crippen molar-refractivity contribution in [3.05, 3.63) is 24.3 Å². The fraction of sp³-hybridized carbons (Fsp3) is 0.571. The molecule has 0 aliphatic carbocycles. The van der Waals surface area contributed by atoms with Gasteiger partial charge >= 0.3 is 6.61 Å². The van der Waals surface area contributed by atoms with Gasteiger partial charge in [-0.3, -0.25) is 0 Å². The van der Waals surface area contributed by atoms with E-state index in [0.29, 0.717) is 25.9 Å². The minimum atomic E-state index is -3.89. The van der Waals surface area contributed by atoms with Crippen LogP contribution >= 0.6 is 0 Å². The lowest BCUT2D eigenvalue weighted by Crippen LogP contribution is -2.42. The third kappa shape index (κ3) is 3.74. The van der Waals surface area contributed by atoms with Crippen molar-refractivity contribution in [3.63, 3.8) is 0 Å². The van der Waals surface area contributed by atoms with Crippen LogP contribution in [0, 0.1) is 0 Å². The summed E-state index contributed by atoms with van der Waals surface area (Å²) in [4.78, 5) is -0.212. The Morgan fingerprint density at radius 2 is 2.14 bits per heavy atom. The van der Waals surface area contributed by atoms with E-state index >= 15 is 0 Å². The van der Waals surface area contributed by atoms with Gasteiger partial charge < -0.3 is 10.1 Å². The van der Waals surface area contributed by atoms with Crippen LogP contribution in [-0.2, 0) is 10.0 Å². The van der Waals surface area contributed by atoms with E-state index < -0.39 is 16.6 Å². The zero-order valence-electron chi connectivity index (χ0n) is 12.3. The zero-order chi connectivity index (χ0) is 16.2. The first kappa shape index (κ1) is 17.1. The average Bonchev–Trinajstić information content (AvgIpc) is 2.98. The van der Waals surface area contributed by atoms with Crippen LogP contribution in [0.25, 0.3) is 0 Å². The van der Waals surface area contributed by atoms with E-state index in [1.165, 1.54) is 28.6 Å². The fourth-order valence-corrected chi connectivity index (χ4v) is 4.46. The number of hydrogen-bond donors (Lipinski definition) is 1. The predicted molar refractivity (Wildman–Crippen MR) is 78.5 cm³/mol. The van der Waals surface area contributed by atoms with Gasteiger partial charge in [-0.05, 0) is 31.5 Å². The highest BCUT2D eigenvalue weighted by molar-refractivity contribution is 7.89. The highest BCUT2D eigenvalue weighted by atomic mass is 32.2. The minimum Gasteiger partial charge on any atom is -0.433 e. The van der Waals surface area contributed by atoms with Crippen LogP contribution in [-0.4, -0.2) is 45.0 Å². The van der Waals surface area contributed by atoms with Crippen LogP contribution in [0.2, 0.25) is 0 Å². The lowest BCUT2D eigenvalue weighted by molar-refractivity contribution is -0.0518. The third-order valence-electron chi connectivity index (χ3n) is 3.54. The van der Waals surface area contributed by atoms with Gasteiger partial charge in [0.05, 0.1) is 0 Å². The van der Waals surface area contributed by atoms with Crippen molar-refractivity contribution in [2.75, 3.05) is 19.6 Å². The second-order valence-corrected chi connectivity index (χ2v) is 6.95. The van der Waals surface area contributed by atoms with Crippen LogP contribution in [0.3, 0.4) is 0 Å². The molecule has 124 valence electrons. The Hall–Kier alpha value is -1.25. The molecular weight excluding hydrogens is 314 g/mol. The summed E-state index contributed by atoms with van der Waals surface area (Å²) in [5.74, 6) is -0.315. The minimum absolute atomic E-state index is 0.162. The van der Waals surface area contributed by atoms with Crippen molar-refractivity contribution in [1.29, 1.82) is 0 Å². The second kappa shape index (κ2) is 7.34. The van der Waals surface area contributed by atoms with E-state index in [4.69, 9.17) is 0 Å². The molecule has 22 heavy (non-hydrogen) atoms. The molecule has 1 unspecified atom stereocenters. The summed E-state index contributed by atoms with van der Waals surface area (Å²) in [7, 11) is -3.89. The molecule has 1 aromatic rings. The molecule has 0 bridgehead atoms. The molecule has 1 saturated heterocycles. The summed E-state index contributed by atoms with van der Waals surface area (Å²) in [6.07, 6.45) is 1.35. The van der Waals surface area contributed by atoms with Crippen LogP contribution in [0.4, 0.5) is 8.78 Å². The maximum atomic E-state index is 12.9. The Labute approximate surface area is 129 Å². The van der Waals surface area contributed by atoms with Gasteiger partial charge in [0.2, 0.25) is 10.0 Å². The van der Waals surface area contributed by atoms with Gasteiger partial charge in [0, 0.05) is 19.1 Å². The smallest absolute Gasteiger partial charge is 0.387 e. The maximum Gasteiger partial charge on any atom is 0.387 e. The van der Waals surface area contributed by atoms with E-state index in [1.54, 1.807) is 0 Å². The van der Waals surface area contributed by atoms with Gasteiger partial charge in [0.1, 0.15) is 10.6 Å². The summed E-state index contributed by atoms with van der Waals surface area (Å²) >= 11 is 0. The summed E-state index contributed by atoms with van der Waals surface area (Å²) in [6.45, 7) is 0.473. The molecule has 0 radical (unpaired) electrons. The lowest BCUT2D eigenvalue weighted by atomic mass is 10.2. The number of alkyl halides is 2. The summed E-state index contributed by atoms with van der Waals surface area (Å²) in [5.41, 5.74) is 0. The Balaban J connectivity index is 2.38. The monoisotopic (exact) mass is 334 g/mol. The molecule has 1 aliphatic rings. The molecule has 1 atom stereocenters. The van der Waals surface area contributed by atoms with Gasteiger partial charge in [0.25, 0.3) is 0 Å². The number of nitrogens with one attached hydrogen (secondary N) is 1. The van der Waals surface area contributed by atoms with E-state index in [1.807, 2.05) is 6.92 Å². The van der Waals surface area contributed by atoms with Gasteiger partial charge in [-0.1, -0.05) is 19.1 Å². The Morgan fingerprint density at radius 1 is 1.41 bits per heavy atom. The number of para-hydroxylation sites is 1. The molecule has 5 nitrogen and oxygen atoms in total. The lowest BCUT2D eigenvalue weighted by Gasteiger charge is -2.28. The summed E-state index contributed by atoms with van der Waals surface area (Å²) in [5, 5.41) is 3.12. The quantitative estimate of drug-likeness (QED) is 0.829. The average molecular weight is 334 g/mol. The van der Waals surface area contributed by atoms with E-state index in [0.717, 1.165) is 6.54 Å². The molecule has 2 rings (SSSR count). The first-order valence-electron chi connectivity index (χ1n) is 7.23. The maximum absolute atomic E-state index is 12.9. The van der Waals surface area contributed by atoms with Gasteiger partial charge in [-0.2, -0.15) is 13.1 Å². The van der Waals surface area contributed by atoms with Gasteiger partial charge in [0.15, 0.2) is 0 Å². The molecule has 1 fully saturated rings. The van der Waals surface area contributed by atoms with Crippen molar-refractivity contribution in [3.8, 4) is 5.75 Å². The highest BCUT2D eigenvalue weighted by Gasteiger charge is 2.34. The predicted octanol–water partition coefficient (Wildman–Crippen LogP) is 2.05. The molecule has 1 N–H and O–H groups in total. The van der Waals surface area contributed by atoms with Crippen molar-refractivity contribution in [2.45, 2.75) is 37.3 Å². The van der Waals surface area contributed by atoms with Gasteiger partial charge in [-0.25, -0.2) is 8.42 Å². The summed E-state index contributed by atoms with van der Waals surface area (Å²) < 4.78 is 56.5. The first-order chi connectivity index (χ1) is 10.5. The topological polar surface area (TPSA) is 58.6 Å². The standard InChI is InChI=1S/C14H20F2N2O3S/c1-2-9-18(11-7-8-17-10-11)22(19,20)13-6-4-3-5-12(13)21-14(15)16/h3-6,11,14,17H,2,7-10H2,1H3. The van der Waals surface area contributed by atoms with Crippen molar-refractivity contribution in [2.24, 2.45) is 0 Å². The Bertz CT molecular complexity index is 590. The van der Waals surface area contributed by atoms with Crippen molar-refractivity contribution in [1.82, 2.24) is 9.62 Å². The number of sulfonamides is 1. The van der Waals surface area contributed by atoms with Crippen LogP contribution in [0.15, 0.2) is 29.2 Å². The molecule has 1 aliphatic heterocycles. The number of hydrogen-bond acceptors (Lipinski definition) is 4. The van der Waals surface area contributed by atoms with E-state index in [9.17, 15) is 17.2 Å². The summed E-state index contributed by atoms with van der Waals surface area (Å²) in [6, 6.07) is 5.36. The highest BCUT2D eigenvalue weighted by Crippen LogP contribution is 2.30. The molecule has 0 saturated carbocycles. The normalized spacial score (nSPS) is 19.0. The molecule has 1 heterocycles. The Morgan fingerprint density at radius 3 is 2.73 bits per heavy atom. The number of ether oxygens (including phenoxy) is 1. The first-order valence-corrected chi connectivity index (χ1v) is 8.67. The van der Waals surface area contributed by atoms with Crippen LogP contribution in [0.1, 0.15) is 19.8 Å². The molecule has 0 spiro atoms. The number of rotatable bonds is 7. The SMILES string of the molecule is CCCN(C1CCNC1)S(=O)(=O)c1ccccc1OC(F)F. The van der Waals surface area contributed by atoms with E-state index in [2.05, 4.69) is 10.1 Å². The molecule has 0 aromatic heterocycles. The van der Waals surface area contributed by atoms with Crippen LogP contribution in [0.5, 0.6) is 5.75 Å². The molecule has 8 heteroatoms. The number of benzene rings is 1.